The maximum Gasteiger partial charge on any atom is 0.0878 e. The van der Waals surface area contributed by atoms with Gasteiger partial charge < -0.3 is 10.3 Å². The van der Waals surface area contributed by atoms with Gasteiger partial charge in [0.25, 0.3) is 0 Å². The van der Waals surface area contributed by atoms with Crippen LogP contribution in [0.15, 0.2) is 24.5 Å². The molecule has 0 bridgehead atoms. The molecule has 0 amide bonds. The molecule has 0 saturated carbocycles. The van der Waals surface area contributed by atoms with E-state index in [0.29, 0.717) is 5.92 Å². The maximum absolute atomic E-state index is 4.46. The van der Waals surface area contributed by atoms with Gasteiger partial charge in [-0.25, -0.2) is 0 Å². The topological polar surface area (TPSA) is 40.7 Å². The minimum atomic E-state index is 0.687. The summed E-state index contributed by atoms with van der Waals surface area (Å²) in [5.74, 6) is 0.687. The molecule has 1 aliphatic heterocycles. The summed E-state index contributed by atoms with van der Waals surface area (Å²) in [6, 6.07) is 4.26. The van der Waals surface area contributed by atoms with Crippen LogP contribution >= 0.6 is 0 Å². The number of nitrogens with zero attached hydrogens (tertiary/aromatic N) is 1. The largest absolute Gasteiger partial charge is 0.360 e. The monoisotopic (exact) mass is 201 g/mol. The normalized spacial score (nSPS) is 18.4. The fourth-order valence-corrected chi connectivity index (χ4v) is 2.33. The third-order valence-corrected chi connectivity index (χ3v) is 3.23. The van der Waals surface area contributed by atoms with Crippen molar-refractivity contribution in [1.29, 1.82) is 0 Å². The molecule has 1 fully saturated rings. The van der Waals surface area contributed by atoms with Crippen molar-refractivity contribution in [3.05, 3.63) is 30.1 Å². The number of hydrogen-bond donors (Lipinski definition) is 2. The first-order valence-corrected chi connectivity index (χ1v) is 5.57. The predicted molar refractivity (Wildman–Crippen MR) is 60.9 cm³/mol. The second-order valence-corrected chi connectivity index (χ2v) is 4.20. The Labute approximate surface area is 88.9 Å². The number of rotatable bonds is 1. The van der Waals surface area contributed by atoms with Crippen molar-refractivity contribution in [2.45, 2.75) is 18.8 Å². The van der Waals surface area contributed by atoms with Crippen LogP contribution in [0.3, 0.4) is 0 Å². The van der Waals surface area contributed by atoms with Crippen LogP contribution in [0.25, 0.3) is 11.0 Å². The Kier molecular flexibility index (Phi) is 2.18. The van der Waals surface area contributed by atoms with Gasteiger partial charge in [-0.1, -0.05) is 0 Å². The summed E-state index contributed by atoms with van der Waals surface area (Å²) in [6.07, 6.45) is 6.44. The van der Waals surface area contributed by atoms with Crippen LogP contribution in [0.2, 0.25) is 0 Å². The highest BCUT2D eigenvalue weighted by molar-refractivity contribution is 5.75. The van der Waals surface area contributed by atoms with E-state index in [2.05, 4.69) is 21.4 Å². The van der Waals surface area contributed by atoms with Gasteiger partial charge in [-0.2, -0.15) is 0 Å². The van der Waals surface area contributed by atoms with E-state index in [9.17, 15) is 0 Å². The van der Waals surface area contributed by atoms with Crippen LogP contribution in [-0.4, -0.2) is 23.1 Å². The first kappa shape index (κ1) is 8.92. The van der Waals surface area contributed by atoms with Crippen molar-refractivity contribution in [2.24, 2.45) is 0 Å². The molecule has 78 valence electrons. The fraction of sp³-hybridized carbons (Fsp3) is 0.417. The molecule has 0 aromatic carbocycles. The van der Waals surface area contributed by atoms with E-state index in [-0.39, 0.29) is 0 Å². The van der Waals surface area contributed by atoms with Crippen molar-refractivity contribution in [3.8, 4) is 0 Å². The molecular formula is C12H15N3. The fourth-order valence-electron chi connectivity index (χ4n) is 2.33. The second kappa shape index (κ2) is 3.66. The number of aromatic amines is 1. The number of piperidine rings is 1. The highest BCUT2D eigenvalue weighted by atomic mass is 14.9. The highest BCUT2D eigenvalue weighted by Gasteiger charge is 2.15. The first-order valence-electron chi connectivity index (χ1n) is 5.57. The third kappa shape index (κ3) is 1.63. The molecule has 1 saturated heterocycles. The van der Waals surface area contributed by atoms with Gasteiger partial charge in [-0.3, -0.25) is 4.98 Å². The van der Waals surface area contributed by atoms with Crippen molar-refractivity contribution >= 4 is 11.0 Å². The lowest BCUT2D eigenvalue weighted by Crippen LogP contribution is -2.26. The van der Waals surface area contributed by atoms with Gasteiger partial charge in [-0.15, -0.1) is 0 Å². The Morgan fingerprint density at radius 1 is 1.27 bits per heavy atom. The van der Waals surface area contributed by atoms with Gasteiger partial charge in [0.1, 0.15) is 0 Å². The molecule has 2 aromatic rings. The summed E-state index contributed by atoms with van der Waals surface area (Å²) < 4.78 is 0. The third-order valence-electron chi connectivity index (χ3n) is 3.23. The Hall–Kier alpha value is -1.35. The Bertz CT molecular complexity index is 455. The summed E-state index contributed by atoms with van der Waals surface area (Å²) in [7, 11) is 0. The van der Waals surface area contributed by atoms with E-state index in [0.717, 1.165) is 24.1 Å². The van der Waals surface area contributed by atoms with E-state index < -0.39 is 0 Å². The SMILES string of the molecule is c1cc2ncc(C3CCNCC3)cc2[nH]1. The van der Waals surface area contributed by atoms with Crippen LogP contribution < -0.4 is 5.32 Å². The zero-order valence-electron chi connectivity index (χ0n) is 8.66. The number of nitrogens with one attached hydrogen (secondary N) is 2. The van der Waals surface area contributed by atoms with Gasteiger partial charge in [0.2, 0.25) is 0 Å². The molecule has 0 aliphatic carbocycles. The average Bonchev–Trinajstić information content (AvgIpc) is 2.77. The first-order chi connectivity index (χ1) is 7.43. The summed E-state index contributed by atoms with van der Waals surface area (Å²) in [6.45, 7) is 2.26. The van der Waals surface area contributed by atoms with E-state index in [1.807, 2.05) is 18.5 Å². The average molecular weight is 201 g/mol. The molecule has 15 heavy (non-hydrogen) atoms. The summed E-state index contributed by atoms with van der Waals surface area (Å²) >= 11 is 0. The molecule has 0 unspecified atom stereocenters. The number of fused-ring (bicyclic) bond motifs is 1. The lowest BCUT2D eigenvalue weighted by atomic mass is 9.91. The zero-order chi connectivity index (χ0) is 10.1. The molecule has 2 aromatic heterocycles. The minimum absolute atomic E-state index is 0.687. The quantitative estimate of drug-likeness (QED) is 0.741. The smallest absolute Gasteiger partial charge is 0.0878 e. The molecule has 2 N–H and O–H groups in total. The van der Waals surface area contributed by atoms with E-state index >= 15 is 0 Å². The molecule has 1 aliphatic rings. The van der Waals surface area contributed by atoms with Gasteiger partial charge in [0.15, 0.2) is 0 Å². The highest BCUT2D eigenvalue weighted by Crippen LogP contribution is 2.26. The number of pyridine rings is 1. The van der Waals surface area contributed by atoms with E-state index in [1.165, 1.54) is 18.4 Å². The summed E-state index contributed by atoms with van der Waals surface area (Å²) in [4.78, 5) is 7.69. The number of H-pyrrole nitrogens is 1. The molecular weight excluding hydrogens is 186 g/mol. The molecule has 3 heterocycles. The lowest BCUT2D eigenvalue weighted by Gasteiger charge is -2.22. The van der Waals surface area contributed by atoms with Gasteiger partial charge in [-0.05, 0) is 49.5 Å². The summed E-state index contributed by atoms with van der Waals surface area (Å²) in [5.41, 5.74) is 3.60. The van der Waals surface area contributed by atoms with Crippen molar-refractivity contribution in [1.82, 2.24) is 15.3 Å². The van der Waals surface area contributed by atoms with E-state index in [4.69, 9.17) is 0 Å². The number of aromatic nitrogens is 2. The molecule has 0 spiro atoms. The maximum atomic E-state index is 4.46. The molecule has 3 heteroatoms. The lowest BCUT2D eigenvalue weighted by molar-refractivity contribution is 0.460. The Morgan fingerprint density at radius 3 is 3.00 bits per heavy atom. The molecule has 0 radical (unpaired) electrons. The minimum Gasteiger partial charge on any atom is -0.360 e. The molecule has 3 rings (SSSR count). The van der Waals surface area contributed by atoms with E-state index in [1.54, 1.807) is 0 Å². The van der Waals surface area contributed by atoms with Crippen molar-refractivity contribution < 1.29 is 0 Å². The van der Waals surface area contributed by atoms with Crippen LogP contribution in [0.5, 0.6) is 0 Å². The van der Waals surface area contributed by atoms with Crippen LogP contribution in [0, 0.1) is 0 Å². The zero-order valence-corrected chi connectivity index (χ0v) is 8.66. The van der Waals surface area contributed by atoms with Crippen molar-refractivity contribution in [2.75, 3.05) is 13.1 Å². The standard InChI is InChI=1S/C12H15N3/c1-4-13-5-2-9(1)10-7-12-11(15-8-10)3-6-14-12/h3,6-9,13-14H,1-2,4-5H2. The summed E-state index contributed by atoms with van der Waals surface area (Å²) in [5, 5.41) is 3.39. The second-order valence-electron chi connectivity index (χ2n) is 4.20. The van der Waals surface area contributed by atoms with Crippen molar-refractivity contribution in [3.63, 3.8) is 0 Å². The molecule has 0 atom stereocenters. The Balaban J connectivity index is 1.95. The van der Waals surface area contributed by atoms with Gasteiger partial charge in [0, 0.05) is 12.4 Å². The predicted octanol–water partition coefficient (Wildman–Crippen LogP) is 2.03. The van der Waals surface area contributed by atoms with Gasteiger partial charge >= 0.3 is 0 Å². The van der Waals surface area contributed by atoms with Crippen LogP contribution in [-0.2, 0) is 0 Å². The number of hydrogen-bond acceptors (Lipinski definition) is 2. The van der Waals surface area contributed by atoms with Crippen LogP contribution in [0.1, 0.15) is 24.3 Å². The Morgan fingerprint density at radius 2 is 2.13 bits per heavy atom. The van der Waals surface area contributed by atoms with Gasteiger partial charge in [0.05, 0.1) is 11.0 Å². The molecule has 3 nitrogen and oxygen atoms in total. The van der Waals surface area contributed by atoms with Crippen LogP contribution in [0.4, 0.5) is 0 Å².